The Bertz CT molecular complexity index is 1130. The third kappa shape index (κ3) is 2.44. The molecule has 0 bridgehead atoms. The Morgan fingerprint density at radius 3 is 1.89 bits per heavy atom. The van der Waals surface area contributed by atoms with Gasteiger partial charge in [0.15, 0.2) is 0 Å². The monoisotopic (exact) mass is 366 g/mol. The highest BCUT2D eigenvalue weighted by Crippen LogP contribution is 2.53. The molecule has 0 fully saturated rings. The van der Waals surface area contributed by atoms with Gasteiger partial charge in [-0.25, -0.2) is 0 Å². The van der Waals surface area contributed by atoms with E-state index in [2.05, 4.69) is 97.9 Å². The van der Waals surface area contributed by atoms with Crippen LogP contribution in [0, 0.1) is 0 Å². The smallest absolute Gasteiger partial charge is 0.0436 e. The average molecular weight is 367 g/mol. The maximum atomic E-state index is 6.41. The first-order chi connectivity index (χ1) is 13.2. The summed E-state index contributed by atoms with van der Waals surface area (Å²) in [6.07, 6.45) is 0. The van der Waals surface area contributed by atoms with Gasteiger partial charge in [-0.2, -0.15) is 0 Å². The van der Waals surface area contributed by atoms with Crippen LogP contribution >= 0.6 is 11.6 Å². The van der Waals surface area contributed by atoms with Crippen LogP contribution in [0.5, 0.6) is 0 Å². The van der Waals surface area contributed by atoms with Crippen LogP contribution in [0.15, 0.2) is 97.1 Å². The zero-order valence-electron chi connectivity index (χ0n) is 15.1. The summed E-state index contributed by atoms with van der Waals surface area (Å²) in [5.41, 5.74) is 8.75. The lowest BCUT2D eigenvalue weighted by Crippen LogP contribution is -2.22. The van der Waals surface area contributed by atoms with Crippen molar-refractivity contribution in [2.45, 2.75) is 12.3 Å². The number of benzene rings is 4. The Kier molecular flexibility index (Phi) is 3.70. The van der Waals surface area contributed by atoms with Gasteiger partial charge in [-0.1, -0.05) is 90.5 Å². The van der Waals surface area contributed by atoms with Gasteiger partial charge in [0.05, 0.1) is 0 Å². The summed E-state index contributed by atoms with van der Waals surface area (Å²) in [6.45, 7) is 2.32. The lowest BCUT2D eigenvalue weighted by atomic mass is 9.74. The molecule has 0 heterocycles. The van der Waals surface area contributed by atoms with Crippen molar-refractivity contribution in [3.05, 3.63) is 119 Å². The largest absolute Gasteiger partial charge is 0.0843 e. The number of halogens is 1. The van der Waals surface area contributed by atoms with Crippen LogP contribution in [-0.4, -0.2) is 0 Å². The molecule has 5 rings (SSSR count). The van der Waals surface area contributed by atoms with E-state index >= 15 is 0 Å². The predicted octanol–water partition coefficient (Wildman–Crippen LogP) is 7.34. The van der Waals surface area contributed by atoms with Gasteiger partial charge in [0.2, 0.25) is 0 Å². The minimum absolute atomic E-state index is 0.221. The van der Waals surface area contributed by atoms with Crippen molar-refractivity contribution < 1.29 is 0 Å². The topological polar surface area (TPSA) is 0 Å². The second-order valence-electron chi connectivity index (χ2n) is 7.31. The lowest BCUT2D eigenvalue weighted by Gasteiger charge is -2.28. The van der Waals surface area contributed by atoms with Gasteiger partial charge in [-0.05, 0) is 64.1 Å². The van der Waals surface area contributed by atoms with E-state index in [1.165, 1.54) is 38.9 Å². The quantitative estimate of drug-likeness (QED) is 0.348. The van der Waals surface area contributed by atoms with Crippen LogP contribution in [0.1, 0.15) is 23.6 Å². The number of hydrogen-bond acceptors (Lipinski definition) is 0. The molecular weight excluding hydrogens is 348 g/mol. The van der Waals surface area contributed by atoms with E-state index in [9.17, 15) is 0 Å². The van der Waals surface area contributed by atoms with Crippen LogP contribution in [0.4, 0.5) is 0 Å². The van der Waals surface area contributed by atoms with Crippen molar-refractivity contribution >= 4 is 11.6 Å². The fourth-order valence-electron chi connectivity index (χ4n) is 4.40. The van der Waals surface area contributed by atoms with Gasteiger partial charge in [0, 0.05) is 10.4 Å². The molecule has 130 valence electrons. The predicted molar refractivity (Wildman–Crippen MR) is 114 cm³/mol. The van der Waals surface area contributed by atoms with Gasteiger partial charge >= 0.3 is 0 Å². The minimum Gasteiger partial charge on any atom is -0.0843 e. The molecule has 0 saturated carbocycles. The van der Waals surface area contributed by atoms with Crippen LogP contribution in [0.2, 0.25) is 5.02 Å². The first-order valence-electron chi connectivity index (χ1n) is 9.24. The van der Waals surface area contributed by atoms with E-state index in [0.29, 0.717) is 0 Å². The Morgan fingerprint density at radius 1 is 0.593 bits per heavy atom. The molecule has 1 atom stereocenters. The van der Waals surface area contributed by atoms with Crippen LogP contribution < -0.4 is 0 Å². The summed E-state index contributed by atoms with van der Waals surface area (Å²) in [5, 5.41) is 0.784. The van der Waals surface area contributed by atoms with Crippen LogP contribution in [-0.2, 0) is 5.41 Å². The molecule has 1 heteroatoms. The van der Waals surface area contributed by atoms with E-state index in [1.807, 2.05) is 6.07 Å². The minimum atomic E-state index is -0.221. The normalized spacial score (nSPS) is 17.4. The highest BCUT2D eigenvalue weighted by atomic mass is 35.5. The van der Waals surface area contributed by atoms with Crippen LogP contribution in [0.3, 0.4) is 0 Å². The van der Waals surface area contributed by atoms with E-state index < -0.39 is 0 Å². The molecule has 4 aromatic rings. The second kappa shape index (κ2) is 6.11. The molecule has 0 radical (unpaired) electrons. The number of hydrogen-bond donors (Lipinski definition) is 0. The van der Waals surface area contributed by atoms with Crippen LogP contribution in [0.25, 0.3) is 22.3 Å². The standard InChI is InChI=1S/C26H19Cl/c1-26(20-10-6-3-7-11-20)24-16-19(18-8-4-2-5-9-18)12-14-22(24)23-15-13-21(27)17-25(23)26/h2-17H,1H3. The molecule has 0 aromatic heterocycles. The summed E-state index contributed by atoms with van der Waals surface area (Å²) in [4.78, 5) is 0. The van der Waals surface area contributed by atoms with Crippen molar-refractivity contribution in [2.75, 3.05) is 0 Å². The molecule has 0 spiro atoms. The molecule has 1 aliphatic carbocycles. The number of fused-ring (bicyclic) bond motifs is 3. The summed E-state index contributed by atoms with van der Waals surface area (Å²) in [7, 11) is 0. The van der Waals surface area contributed by atoms with Gasteiger partial charge in [0.25, 0.3) is 0 Å². The first-order valence-corrected chi connectivity index (χ1v) is 9.61. The van der Waals surface area contributed by atoms with E-state index in [-0.39, 0.29) is 5.41 Å². The molecule has 0 N–H and O–H groups in total. The van der Waals surface area contributed by atoms with Crippen molar-refractivity contribution in [3.8, 4) is 22.3 Å². The van der Waals surface area contributed by atoms with Crippen molar-refractivity contribution in [2.24, 2.45) is 0 Å². The molecule has 27 heavy (non-hydrogen) atoms. The highest BCUT2D eigenvalue weighted by Gasteiger charge is 2.40. The molecule has 1 aliphatic rings. The summed E-state index contributed by atoms with van der Waals surface area (Å²) >= 11 is 6.41. The zero-order chi connectivity index (χ0) is 18.4. The average Bonchev–Trinajstić information content (AvgIpc) is 2.98. The zero-order valence-corrected chi connectivity index (χ0v) is 15.9. The summed E-state index contributed by atoms with van der Waals surface area (Å²) < 4.78 is 0. The fourth-order valence-corrected chi connectivity index (χ4v) is 4.57. The van der Waals surface area contributed by atoms with Crippen molar-refractivity contribution in [1.82, 2.24) is 0 Å². The molecule has 0 amide bonds. The summed E-state index contributed by atoms with van der Waals surface area (Å²) in [5.74, 6) is 0. The van der Waals surface area contributed by atoms with Gasteiger partial charge in [0.1, 0.15) is 0 Å². The molecule has 0 nitrogen and oxygen atoms in total. The Hall–Kier alpha value is -2.83. The van der Waals surface area contributed by atoms with Gasteiger partial charge < -0.3 is 0 Å². The molecule has 4 aromatic carbocycles. The lowest BCUT2D eigenvalue weighted by molar-refractivity contribution is 0.714. The SMILES string of the molecule is CC1(c2ccccc2)c2cc(Cl)ccc2-c2ccc(-c3ccccc3)cc21. The first kappa shape index (κ1) is 16.4. The number of rotatable bonds is 2. The van der Waals surface area contributed by atoms with E-state index in [0.717, 1.165) is 5.02 Å². The highest BCUT2D eigenvalue weighted by molar-refractivity contribution is 6.30. The van der Waals surface area contributed by atoms with Gasteiger partial charge in [-0.15, -0.1) is 0 Å². The van der Waals surface area contributed by atoms with E-state index in [1.54, 1.807) is 0 Å². The van der Waals surface area contributed by atoms with Crippen molar-refractivity contribution in [3.63, 3.8) is 0 Å². The molecule has 0 aliphatic heterocycles. The second-order valence-corrected chi connectivity index (χ2v) is 7.74. The van der Waals surface area contributed by atoms with Crippen molar-refractivity contribution in [1.29, 1.82) is 0 Å². The summed E-state index contributed by atoms with van der Waals surface area (Å²) in [6, 6.07) is 34.4. The fraction of sp³-hybridized carbons (Fsp3) is 0.0769. The third-order valence-corrected chi connectivity index (χ3v) is 6.06. The maximum Gasteiger partial charge on any atom is 0.0436 e. The third-order valence-electron chi connectivity index (χ3n) is 5.83. The van der Waals surface area contributed by atoms with E-state index in [4.69, 9.17) is 11.6 Å². The molecular formula is C26H19Cl. The Balaban J connectivity index is 1.81. The molecule has 0 saturated heterocycles. The Labute approximate surface area is 165 Å². The molecule has 1 unspecified atom stereocenters. The Morgan fingerprint density at radius 2 is 1.19 bits per heavy atom. The maximum absolute atomic E-state index is 6.41. The van der Waals surface area contributed by atoms with Gasteiger partial charge in [-0.3, -0.25) is 0 Å².